The SMILES string of the molecule is CC(C)COCCCNCc1cnccn1. The van der Waals surface area contributed by atoms with Crippen molar-refractivity contribution in [2.75, 3.05) is 19.8 Å². The highest BCUT2D eigenvalue weighted by molar-refractivity contribution is 4.93. The van der Waals surface area contributed by atoms with Crippen LogP contribution in [0.25, 0.3) is 0 Å². The van der Waals surface area contributed by atoms with E-state index in [1.165, 1.54) is 0 Å². The van der Waals surface area contributed by atoms with Crippen molar-refractivity contribution in [2.45, 2.75) is 26.8 Å². The van der Waals surface area contributed by atoms with Crippen LogP contribution in [-0.2, 0) is 11.3 Å². The number of nitrogens with zero attached hydrogens (tertiary/aromatic N) is 2. The second kappa shape index (κ2) is 8.19. The first-order valence-corrected chi connectivity index (χ1v) is 5.82. The molecular weight excluding hydrogens is 202 g/mol. The number of hydrogen-bond donors (Lipinski definition) is 1. The normalized spacial score (nSPS) is 10.9. The summed E-state index contributed by atoms with van der Waals surface area (Å²) in [7, 11) is 0. The summed E-state index contributed by atoms with van der Waals surface area (Å²) in [6.45, 7) is 7.72. The van der Waals surface area contributed by atoms with Crippen LogP contribution in [-0.4, -0.2) is 29.7 Å². The van der Waals surface area contributed by atoms with Crippen LogP contribution in [0.3, 0.4) is 0 Å². The van der Waals surface area contributed by atoms with E-state index in [4.69, 9.17) is 4.74 Å². The van der Waals surface area contributed by atoms with Gasteiger partial charge in [0.1, 0.15) is 0 Å². The molecular formula is C12H21N3O. The van der Waals surface area contributed by atoms with Gasteiger partial charge in [-0.05, 0) is 18.9 Å². The molecule has 1 aromatic heterocycles. The van der Waals surface area contributed by atoms with Gasteiger partial charge in [-0.25, -0.2) is 0 Å². The van der Waals surface area contributed by atoms with E-state index >= 15 is 0 Å². The number of nitrogens with one attached hydrogen (secondary N) is 1. The summed E-state index contributed by atoms with van der Waals surface area (Å²) >= 11 is 0. The van der Waals surface area contributed by atoms with Crippen molar-refractivity contribution in [2.24, 2.45) is 5.92 Å². The van der Waals surface area contributed by atoms with Crippen LogP contribution in [0.5, 0.6) is 0 Å². The van der Waals surface area contributed by atoms with Gasteiger partial charge in [0, 0.05) is 38.3 Å². The second-order valence-electron chi connectivity index (χ2n) is 4.20. The van der Waals surface area contributed by atoms with Gasteiger partial charge in [0.2, 0.25) is 0 Å². The van der Waals surface area contributed by atoms with Crippen LogP contribution in [0.4, 0.5) is 0 Å². The molecule has 0 saturated carbocycles. The summed E-state index contributed by atoms with van der Waals surface area (Å²) in [5, 5.41) is 3.31. The predicted molar refractivity (Wildman–Crippen MR) is 64.0 cm³/mol. The first-order valence-electron chi connectivity index (χ1n) is 5.82. The van der Waals surface area contributed by atoms with E-state index in [1.54, 1.807) is 18.6 Å². The van der Waals surface area contributed by atoms with Crippen molar-refractivity contribution in [1.29, 1.82) is 0 Å². The average molecular weight is 223 g/mol. The lowest BCUT2D eigenvalue weighted by Gasteiger charge is -2.07. The van der Waals surface area contributed by atoms with Gasteiger partial charge in [-0.3, -0.25) is 9.97 Å². The van der Waals surface area contributed by atoms with Crippen molar-refractivity contribution in [3.63, 3.8) is 0 Å². The maximum atomic E-state index is 5.48. The molecule has 0 unspecified atom stereocenters. The first kappa shape index (κ1) is 13.1. The van der Waals surface area contributed by atoms with Crippen molar-refractivity contribution >= 4 is 0 Å². The highest BCUT2D eigenvalue weighted by atomic mass is 16.5. The predicted octanol–water partition coefficient (Wildman–Crippen LogP) is 1.63. The fraction of sp³-hybridized carbons (Fsp3) is 0.667. The van der Waals surface area contributed by atoms with Crippen LogP contribution in [0.1, 0.15) is 26.0 Å². The topological polar surface area (TPSA) is 47.0 Å². The fourth-order valence-electron chi connectivity index (χ4n) is 1.26. The van der Waals surface area contributed by atoms with Crippen LogP contribution < -0.4 is 5.32 Å². The standard InChI is InChI=1S/C12H21N3O/c1-11(2)10-16-7-3-4-13-8-12-9-14-5-6-15-12/h5-6,9,11,13H,3-4,7-8,10H2,1-2H3. The molecule has 0 saturated heterocycles. The van der Waals surface area contributed by atoms with Gasteiger partial charge in [-0.2, -0.15) is 0 Å². The van der Waals surface area contributed by atoms with Crippen LogP contribution >= 0.6 is 0 Å². The molecule has 0 aliphatic carbocycles. The second-order valence-corrected chi connectivity index (χ2v) is 4.20. The van der Waals surface area contributed by atoms with E-state index in [0.29, 0.717) is 5.92 Å². The largest absolute Gasteiger partial charge is 0.381 e. The molecule has 0 bridgehead atoms. The molecule has 1 heterocycles. The summed E-state index contributed by atoms with van der Waals surface area (Å²) in [6.07, 6.45) is 6.21. The summed E-state index contributed by atoms with van der Waals surface area (Å²) < 4.78 is 5.48. The Morgan fingerprint density at radius 1 is 1.38 bits per heavy atom. The minimum Gasteiger partial charge on any atom is -0.381 e. The van der Waals surface area contributed by atoms with Gasteiger partial charge < -0.3 is 10.1 Å². The van der Waals surface area contributed by atoms with Gasteiger partial charge in [-0.15, -0.1) is 0 Å². The quantitative estimate of drug-likeness (QED) is 0.680. The van der Waals surface area contributed by atoms with Crippen molar-refractivity contribution < 1.29 is 4.74 Å². The van der Waals surface area contributed by atoms with E-state index in [0.717, 1.165) is 38.4 Å². The minimum absolute atomic E-state index is 0.618. The minimum atomic E-state index is 0.618. The van der Waals surface area contributed by atoms with Crippen molar-refractivity contribution in [3.8, 4) is 0 Å². The van der Waals surface area contributed by atoms with Crippen LogP contribution in [0.2, 0.25) is 0 Å². The molecule has 4 nitrogen and oxygen atoms in total. The smallest absolute Gasteiger partial charge is 0.0724 e. The molecule has 90 valence electrons. The zero-order valence-electron chi connectivity index (χ0n) is 10.1. The molecule has 0 spiro atoms. The van der Waals surface area contributed by atoms with Gasteiger partial charge in [0.05, 0.1) is 5.69 Å². The molecule has 0 aromatic carbocycles. The van der Waals surface area contributed by atoms with Crippen LogP contribution in [0.15, 0.2) is 18.6 Å². The summed E-state index contributed by atoms with van der Waals surface area (Å²) in [5.41, 5.74) is 0.977. The van der Waals surface area contributed by atoms with E-state index in [-0.39, 0.29) is 0 Å². The number of ether oxygens (including phenoxy) is 1. The Morgan fingerprint density at radius 2 is 2.25 bits per heavy atom. The zero-order chi connectivity index (χ0) is 11.6. The highest BCUT2D eigenvalue weighted by Crippen LogP contribution is 1.93. The van der Waals surface area contributed by atoms with Crippen molar-refractivity contribution in [1.82, 2.24) is 15.3 Å². The molecule has 0 fully saturated rings. The molecule has 1 aromatic rings. The number of hydrogen-bond acceptors (Lipinski definition) is 4. The van der Waals surface area contributed by atoms with Gasteiger partial charge in [0.25, 0.3) is 0 Å². The Morgan fingerprint density at radius 3 is 2.94 bits per heavy atom. The fourth-order valence-corrected chi connectivity index (χ4v) is 1.26. The van der Waals surface area contributed by atoms with E-state index < -0.39 is 0 Å². The monoisotopic (exact) mass is 223 g/mol. The lowest BCUT2D eigenvalue weighted by molar-refractivity contribution is 0.108. The van der Waals surface area contributed by atoms with Gasteiger partial charge in [0.15, 0.2) is 0 Å². The molecule has 1 rings (SSSR count). The highest BCUT2D eigenvalue weighted by Gasteiger charge is 1.95. The Bertz CT molecular complexity index is 264. The van der Waals surface area contributed by atoms with E-state index in [2.05, 4.69) is 29.1 Å². The van der Waals surface area contributed by atoms with E-state index in [9.17, 15) is 0 Å². The van der Waals surface area contributed by atoms with Gasteiger partial charge >= 0.3 is 0 Å². The number of rotatable bonds is 8. The molecule has 0 radical (unpaired) electrons. The Hall–Kier alpha value is -1.00. The first-order chi connectivity index (χ1) is 7.79. The Labute approximate surface area is 97.5 Å². The third-order valence-corrected chi connectivity index (χ3v) is 2.02. The third kappa shape index (κ3) is 6.48. The van der Waals surface area contributed by atoms with Gasteiger partial charge in [-0.1, -0.05) is 13.8 Å². The Kier molecular flexibility index (Phi) is 6.69. The molecule has 1 N–H and O–H groups in total. The molecule has 16 heavy (non-hydrogen) atoms. The summed E-state index contributed by atoms with van der Waals surface area (Å²) in [4.78, 5) is 8.18. The van der Waals surface area contributed by atoms with E-state index in [1.807, 2.05) is 0 Å². The number of aromatic nitrogens is 2. The molecule has 0 aliphatic rings. The Balaban J connectivity index is 1.93. The lowest BCUT2D eigenvalue weighted by Crippen LogP contribution is -2.17. The molecule has 0 aliphatic heterocycles. The maximum Gasteiger partial charge on any atom is 0.0724 e. The summed E-state index contributed by atoms with van der Waals surface area (Å²) in [5.74, 6) is 0.618. The summed E-state index contributed by atoms with van der Waals surface area (Å²) in [6, 6.07) is 0. The third-order valence-electron chi connectivity index (χ3n) is 2.02. The maximum absolute atomic E-state index is 5.48. The van der Waals surface area contributed by atoms with Crippen molar-refractivity contribution in [3.05, 3.63) is 24.3 Å². The molecule has 0 amide bonds. The molecule has 0 atom stereocenters. The lowest BCUT2D eigenvalue weighted by atomic mass is 10.2. The van der Waals surface area contributed by atoms with Crippen LogP contribution in [0, 0.1) is 5.92 Å². The zero-order valence-corrected chi connectivity index (χ0v) is 10.1. The molecule has 4 heteroatoms. The average Bonchev–Trinajstić information content (AvgIpc) is 2.29.